The van der Waals surface area contributed by atoms with E-state index in [2.05, 4.69) is 25.3 Å². The lowest BCUT2D eigenvalue weighted by atomic mass is 10.1. The van der Waals surface area contributed by atoms with E-state index in [4.69, 9.17) is 0 Å². The number of guanidine groups is 1. The van der Waals surface area contributed by atoms with Crippen LogP contribution in [0.5, 0.6) is 0 Å². The van der Waals surface area contributed by atoms with Crippen molar-refractivity contribution in [3.8, 4) is 0 Å². The van der Waals surface area contributed by atoms with E-state index in [-0.39, 0.29) is 18.2 Å². The van der Waals surface area contributed by atoms with Gasteiger partial charge in [-0.15, -0.1) is 0 Å². The third-order valence-electron chi connectivity index (χ3n) is 3.49. The molecular formula is C16H21FN4O2. The number of carbonyl (C=O) groups is 1. The molecule has 0 unspecified atom stereocenters. The summed E-state index contributed by atoms with van der Waals surface area (Å²) in [6, 6.07) is 4.72. The van der Waals surface area contributed by atoms with E-state index in [1.165, 1.54) is 19.2 Å². The van der Waals surface area contributed by atoms with Gasteiger partial charge in [0.05, 0.1) is 13.5 Å². The number of halogens is 1. The van der Waals surface area contributed by atoms with Gasteiger partial charge in [-0.1, -0.05) is 0 Å². The summed E-state index contributed by atoms with van der Waals surface area (Å²) in [5.74, 6) is 0.109. The van der Waals surface area contributed by atoms with Gasteiger partial charge in [0.2, 0.25) is 0 Å². The number of carbonyl (C=O) groups excluding carboxylic acids is 1. The van der Waals surface area contributed by atoms with Gasteiger partial charge in [0, 0.05) is 37.2 Å². The summed E-state index contributed by atoms with van der Waals surface area (Å²) in [4.78, 5) is 18.2. The maximum atomic E-state index is 13.2. The van der Waals surface area contributed by atoms with Gasteiger partial charge in [0.15, 0.2) is 5.96 Å². The Hall–Kier alpha value is -2.57. The van der Waals surface area contributed by atoms with Crippen LogP contribution in [0.4, 0.5) is 4.39 Å². The molecule has 23 heavy (non-hydrogen) atoms. The first-order valence-electron chi connectivity index (χ1n) is 7.41. The van der Waals surface area contributed by atoms with Gasteiger partial charge in [-0.3, -0.25) is 9.79 Å². The molecule has 0 spiro atoms. The Balaban J connectivity index is 1.81. The van der Waals surface area contributed by atoms with E-state index in [9.17, 15) is 9.18 Å². The number of hydrogen-bond acceptors (Lipinski definition) is 3. The van der Waals surface area contributed by atoms with E-state index >= 15 is 0 Å². The van der Waals surface area contributed by atoms with E-state index in [0.717, 1.165) is 22.9 Å². The van der Waals surface area contributed by atoms with Crippen molar-refractivity contribution in [1.82, 2.24) is 15.6 Å². The monoisotopic (exact) mass is 320 g/mol. The topological polar surface area (TPSA) is 78.5 Å². The zero-order valence-electron chi connectivity index (χ0n) is 13.3. The molecule has 1 heterocycles. The number of aromatic amines is 1. The minimum Gasteiger partial charge on any atom is -0.469 e. The Labute approximate surface area is 134 Å². The lowest BCUT2D eigenvalue weighted by Gasteiger charge is -2.11. The molecule has 0 aliphatic carbocycles. The van der Waals surface area contributed by atoms with Crippen LogP contribution < -0.4 is 10.6 Å². The summed E-state index contributed by atoms with van der Waals surface area (Å²) in [6.45, 7) is 1.13. The third-order valence-corrected chi connectivity index (χ3v) is 3.49. The normalized spacial score (nSPS) is 11.5. The summed E-state index contributed by atoms with van der Waals surface area (Å²) in [7, 11) is 3.03. The molecule has 6 nitrogen and oxygen atoms in total. The molecule has 0 saturated heterocycles. The molecule has 3 N–H and O–H groups in total. The van der Waals surface area contributed by atoms with Gasteiger partial charge < -0.3 is 20.4 Å². The zero-order valence-corrected chi connectivity index (χ0v) is 13.3. The Morgan fingerprint density at radius 2 is 2.13 bits per heavy atom. The quantitative estimate of drug-likeness (QED) is 0.429. The second kappa shape index (κ2) is 8.17. The number of benzene rings is 1. The van der Waals surface area contributed by atoms with E-state index < -0.39 is 0 Å². The molecule has 0 atom stereocenters. The SMILES string of the molecule is CN=C(NCCC(=O)OC)NCCc1c[nH]c2cc(F)ccc12. The molecule has 1 aromatic carbocycles. The number of ether oxygens (including phenoxy) is 1. The number of aromatic nitrogens is 1. The van der Waals surface area contributed by atoms with E-state index in [1.807, 2.05) is 6.20 Å². The molecule has 0 amide bonds. The molecule has 0 fully saturated rings. The van der Waals surface area contributed by atoms with Crippen LogP contribution in [0.15, 0.2) is 29.4 Å². The molecule has 0 saturated carbocycles. The highest BCUT2D eigenvalue weighted by Crippen LogP contribution is 2.19. The maximum Gasteiger partial charge on any atom is 0.307 e. The number of methoxy groups -OCH3 is 1. The highest BCUT2D eigenvalue weighted by Gasteiger charge is 2.05. The second-order valence-electron chi connectivity index (χ2n) is 5.01. The second-order valence-corrected chi connectivity index (χ2v) is 5.01. The first kappa shape index (κ1) is 16.8. The van der Waals surface area contributed by atoms with E-state index in [1.54, 1.807) is 13.1 Å². The molecular weight excluding hydrogens is 299 g/mol. The molecule has 7 heteroatoms. The van der Waals surface area contributed by atoms with Crippen molar-refractivity contribution >= 4 is 22.8 Å². The number of rotatable bonds is 6. The standard InChI is InChI=1S/C16H21FN4O2/c1-18-16(20-8-6-15(22)23-2)19-7-5-11-10-21-14-9-12(17)3-4-13(11)14/h3-4,9-10,21H,5-8H2,1-2H3,(H2,18,19,20). The first-order valence-corrected chi connectivity index (χ1v) is 7.41. The van der Waals surface area contributed by atoms with Gasteiger partial charge in [-0.2, -0.15) is 0 Å². The minimum atomic E-state index is -0.265. The number of nitrogens with zero attached hydrogens (tertiary/aromatic N) is 1. The van der Waals surface area contributed by atoms with Crippen molar-refractivity contribution in [2.24, 2.45) is 4.99 Å². The van der Waals surface area contributed by atoms with Gasteiger partial charge in [0.1, 0.15) is 5.82 Å². The Bertz CT molecular complexity index is 696. The van der Waals surface area contributed by atoms with Crippen molar-refractivity contribution < 1.29 is 13.9 Å². The number of nitrogens with one attached hydrogen (secondary N) is 3. The Morgan fingerprint density at radius 3 is 2.87 bits per heavy atom. The van der Waals surface area contributed by atoms with Gasteiger partial charge in [-0.25, -0.2) is 4.39 Å². The minimum absolute atomic E-state index is 0.251. The average molecular weight is 320 g/mol. The molecule has 2 rings (SSSR count). The van der Waals surface area contributed by atoms with Crippen LogP contribution in [0.2, 0.25) is 0 Å². The zero-order chi connectivity index (χ0) is 16.7. The molecule has 1 aromatic heterocycles. The fourth-order valence-corrected chi connectivity index (χ4v) is 2.29. The predicted molar refractivity (Wildman–Crippen MR) is 88.0 cm³/mol. The molecule has 0 radical (unpaired) electrons. The number of fused-ring (bicyclic) bond motifs is 1. The van der Waals surface area contributed by atoms with Crippen molar-refractivity contribution in [3.63, 3.8) is 0 Å². The summed E-state index contributed by atoms with van der Waals surface area (Å²) < 4.78 is 17.7. The van der Waals surface area contributed by atoms with Crippen LogP contribution in [-0.4, -0.2) is 44.2 Å². The third kappa shape index (κ3) is 4.70. The molecule has 124 valence electrons. The van der Waals surface area contributed by atoms with Crippen LogP contribution in [0.3, 0.4) is 0 Å². The summed E-state index contributed by atoms with van der Waals surface area (Å²) in [6.07, 6.45) is 2.94. The Morgan fingerprint density at radius 1 is 1.35 bits per heavy atom. The molecule has 0 aliphatic heterocycles. The lowest BCUT2D eigenvalue weighted by Crippen LogP contribution is -2.39. The maximum absolute atomic E-state index is 13.2. The Kier molecular flexibility index (Phi) is 5.96. The summed E-state index contributed by atoms with van der Waals surface area (Å²) in [5.41, 5.74) is 1.90. The van der Waals surface area contributed by atoms with Crippen molar-refractivity contribution in [2.45, 2.75) is 12.8 Å². The van der Waals surface area contributed by atoms with Gasteiger partial charge in [0.25, 0.3) is 0 Å². The number of hydrogen-bond donors (Lipinski definition) is 3. The highest BCUT2D eigenvalue weighted by molar-refractivity contribution is 5.83. The summed E-state index contributed by atoms with van der Waals surface area (Å²) >= 11 is 0. The van der Waals surface area contributed by atoms with Crippen LogP contribution in [0.25, 0.3) is 10.9 Å². The fourth-order valence-electron chi connectivity index (χ4n) is 2.29. The van der Waals surface area contributed by atoms with E-state index in [0.29, 0.717) is 19.0 Å². The van der Waals surface area contributed by atoms with Crippen LogP contribution in [0.1, 0.15) is 12.0 Å². The predicted octanol–water partition coefficient (Wildman–Crippen LogP) is 1.58. The largest absolute Gasteiger partial charge is 0.469 e. The smallest absolute Gasteiger partial charge is 0.307 e. The number of H-pyrrole nitrogens is 1. The number of esters is 1. The average Bonchev–Trinajstić information content (AvgIpc) is 2.95. The fraction of sp³-hybridized carbons (Fsp3) is 0.375. The van der Waals surface area contributed by atoms with Crippen LogP contribution >= 0.6 is 0 Å². The lowest BCUT2D eigenvalue weighted by molar-refractivity contribution is -0.140. The van der Waals surface area contributed by atoms with Gasteiger partial charge >= 0.3 is 5.97 Å². The van der Waals surface area contributed by atoms with Crippen LogP contribution in [-0.2, 0) is 16.0 Å². The molecule has 0 aliphatic rings. The number of aliphatic imine (C=N–C) groups is 1. The van der Waals surface area contributed by atoms with Crippen LogP contribution in [0, 0.1) is 5.82 Å². The first-order chi connectivity index (χ1) is 11.1. The summed E-state index contributed by atoms with van der Waals surface area (Å²) in [5, 5.41) is 7.23. The highest BCUT2D eigenvalue weighted by atomic mass is 19.1. The van der Waals surface area contributed by atoms with Crippen molar-refractivity contribution in [1.29, 1.82) is 0 Å². The molecule has 2 aromatic rings. The molecule has 0 bridgehead atoms. The van der Waals surface area contributed by atoms with Crippen molar-refractivity contribution in [2.75, 3.05) is 27.2 Å². The van der Waals surface area contributed by atoms with Gasteiger partial charge in [-0.05, 0) is 30.2 Å². The van der Waals surface area contributed by atoms with Crippen molar-refractivity contribution in [3.05, 3.63) is 35.8 Å².